The molecule has 1 amide bonds. The highest BCUT2D eigenvalue weighted by molar-refractivity contribution is 7.22. The van der Waals surface area contributed by atoms with Crippen molar-refractivity contribution in [1.29, 1.82) is 0 Å². The number of nitrogens with zero attached hydrogens (tertiary/aromatic N) is 5. The van der Waals surface area contributed by atoms with Crippen LogP contribution in [0.2, 0.25) is 0 Å². The van der Waals surface area contributed by atoms with E-state index in [1.165, 1.54) is 5.56 Å². The summed E-state index contributed by atoms with van der Waals surface area (Å²) in [6.07, 6.45) is 0.913. The number of benzene rings is 2. The Labute approximate surface area is 203 Å². The van der Waals surface area contributed by atoms with Crippen molar-refractivity contribution in [2.45, 2.75) is 27.2 Å². The van der Waals surface area contributed by atoms with Crippen LogP contribution in [0.25, 0.3) is 16.0 Å². The van der Waals surface area contributed by atoms with Gasteiger partial charge < -0.3 is 14.5 Å². The Kier molecular flexibility index (Phi) is 6.00. The average molecular weight is 476 g/mol. The molecule has 1 fully saturated rings. The van der Waals surface area contributed by atoms with Crippen LogP contribution in [0.5, 0.6) is 5.75 Å². The minimum absolute atomic E-state index is 0.111. The van der Waals surface area contributed by atoms with Crippen molar-refractivity contribution in [3.63, 3.8) is 0 Å². The van der Waals surface area contributed by atoms with E-state index in [0.717, 1.165) is 69.8 Å². The first-order valence-electron chi connectivity index (χ1n) is 11.6. The minimum atomic E-state index is 0.111. The van der Waals surface area contributed by atoms with Gasteiger partial charge in [0.05, 0.1) is 23.2 Å². The number of hydrogen-bond acceptors (Lipinski definition) is 6. The fourth-order valence-electron chi connectivity index (χ4n) is 4.33. The van der Waals surface area contributed by atoms with E-state index in [1.807, 2.05) is 59.0 Å². The molecule has 1 aliphatic rings. The number of aryl methyl sites for hydroxylation is 3. The summed E-state index contributed by atoms with van der Waals surface area (Å²) in [7, 11) is 1.66. The number of thiazole rings is 1. The molecule has 176 valence electrons. The molecule has 0 saturated carbocycles. The van der Waals surface area contributed by atoms with E-state index in [9.17, 15) is 4.79 Å². The third kappa shape index (κ3) is 4.14. The van der Waals surface area contributed by atoms with Gasteiger partial charge in [-0.05, 0) is 74.7 Å². The average Bonchev–Trinajstić information content (AvgIpc) is 3.31. The zero-order chi connectivity index (χ0) is 23.8. The Balaban J connectivity index is 1.36. The van der Waals surface area contributed by atoms with Crippen LogP contribution in [-0.2, 0) is 0 Å². The molecule has 1 aliphatic heterocycles. The zero-order valence-corrected chi connectivity index (χ0v) is 20.9. The summed E-state index contributed by atoms with van der Waals surface area (Å²) >= 11 is 1.68. The van der Waals surface area contributed by atoms with Crippen molar-refractivity contribution in [3.8, 4) is 11.4 Å². The van der Waals surface area contributed by atoms with Gasteiger partial charge in [-0.3, -0.25) is 4.79 Å². The van der Waals surface area contributed by atoms with Crippen LogP contribution in [0, 0.1) is 20.8 Å². The lowest BCUT2D eigenvalue weighted by molar-refractivity contribution is 0.0767. The Bertz CT molecular complexity index is 1340. The number of rotatable bonds is 4. The second-order valence-corrected chi connectivity index (χ2v) is 9.75. The van der Waals surface area contributed by atoms with Crippen molar-refractivity contribution in [1.82, 2.24) is 19.7 Å². The molecule has 7 nitrogen and oxygen atoms in total. The molecular weight excluding hydrogens is 446 g/mol. The standard InChI is InChI=1S/C26H29N5O2S/c1-17-6-7-20(16-18(17)2)25(32)29-12-5-13-30(15-14-29)26-27-24-23(34-26)19(3)28-31(24)21-8-10-22(33-4)11-9-21/h6-11,16H,5,12-15H2,1-4H3. The van der Waals surface area contributed by atoms with Gasteiger partial charge in [0, 0.05) is 31.7 Å². The SMILES string of the molecule is COc1ccc(-n2nc(C)c3sc(N4CCCN(C(=O)c5ccc(C)c(C)c5)CC4)nc32)cc1. The van der Waals surface area contributed by atoms with Crippen LogP contribution in [0.1, 0.15) is 33.6 Å². The Morgan fingerprint density at radius 3 is 2.50 bits per heavy atom. The first-order valence-corrected chi connectivity index (χ1v) is 12.4. The molecule has 0 N–H and O–H groups in total. The van der Waals surface area contributed by atoms with Gasteiger partial charge >= 0.3 is 0 Å². The number of aromatic nitrogens is 3. The van der Waals surface area contributed by atoms with E-state index in [-0.39, 0.29) is 5.91 Å². The molecule has 0 atom stereocenters. The number of hydrogen-bond donors (Lipinski definition) is 0. The molecule has 0 bridgehead atoms. The maximum Gasteiger partial charge on any atom is 0.253 e. The highest BCUT2D eigenvalue weighted by Crippen LogP contribution is 2.33. The molecule has 34 heavy (non-hydrogen) atoms. The van der Waals surface area contributed by atoms with Gasteiger partial charge in [-0.15, -0.1) is 0 Å². The molecule has 8 heteroatoms. The number of ether oxygens (including phenoxy) is 1. The third-order valence-electron chi connectivity index (χ3n) is 6.50. The lowest BCUT2D eigenvalue weighted by atomic mass is 10.1. The molecular formula is C26H29N5O2S. The predicted octanol–water partition coefficient (Wildman–Crippen LogP) is 4.77. The summed E-state index contributed by atoms with van der Waals surface area (Å²) in [6, 6.07) is 13.8. The number of methoxy groups -OCH3 is 1. The molecule has 3 heterocycles. The van der Waals surface area contributed by atoms with Gasteiger partial charge in [-0.25, -0.2) is 4.68 Å². The van der Waals surface area contributed by atoms with Crippen molar-refractivity contribution in [3.05, 3.63) is 64.8 Å². The first kappa shape index (κ1) is 22.4. The van der Waals surface area contributed by atoms with Crippen molar-refractivity contribution in [2.24, 2.45) is 0 Å². The maximum absolute atomic E-state index is 13.1. The molecule has 5 rings (SSSR count). The van der Waals surface area contributed by atoms with Gasteiger partial charge in [0.25, 0.3) is 5.91 Å². The first-order chi connectivity index (χ1) is 16.4. The van der Waals surface area contributed by atoms with Crippen LogP contribution < -0.4 is 9.64 Å². The van der Waals surface area contributed by atoms with Gasteiger partial charge in [0.15, 0.2) is 10.8 Å². The summed E-state index contributed by atoms with van der Waals surface area (Å²) in [5.41, 5.74) is 5.92. The summed E-state index contributed by atoms with van der Waals surface area (Å²) < 4.78 is 8.28. The van der Waals surface area contributed by atoms with E-state index in [2.05, 4.69) is 18.7 Å². The summed E-state index contributed by atoms with van der Waals surface area (Å²) in [4.78, 5) is 22.4. The molecule has 1 saturated heterocycles. The molecule has 0 unspecified atom stereocenters. The van der Waals surface area contributed by atoms with Crippen LogP contribution in [-0.4, -0.2) is 58.9 Å². The number of carbonyl (C=O) groups is 1. The Morgan fingerprint density at radius 2 is 1.76 bits per heavy atom. The van der Waals surface area contributed by atoms with E-state index >= 15 is 0 Å². The van der Waals surface area contributed by atoms with Crippen LogP contribution in [0.15, 0.2) is 42.5 Å². The summed E-state index contributed by atoms with van der Waals surface area (Å²) in [6.45, 7) is 9.23. The second-order valence-electron chi connectivity index (χ2n) is 8.78. The van der Waals surface area contributed by atoms with Crippen LogP contribution >= 0.6 is 11.3 Å². The number of amides is 1. The van der Waals surface area contributed by atoms with Gasteiger partial charge in [0.1, 0.15) is 5.75 Å². The lowest BCUT2D eigenvalue weighted by Crippen LogP contribution is -2.35. The van der Waals surface area contributed by atoms with Crippen LogP contribution in [0.4, 0.5) is 5.13 Å². The number of fused-ring (bicyclic) bond motifs is 1. The van der Waals surface area contributed by atoms with Crippen molar-refractivity contribution in [2.75, 3.05) is 38.2 Å². The molecule has 4 aromatic rings. The van der Waals surface area contributed by atoms with E-state index in [0.29, 0.717) is 6.54 Å². The number of anilines is 1. The normalized spacial score (nSPS) is 14.5. The monoisotopic (exact) mass is 475 g/mol. The highest BCUT2D eigenvalue weighted by Gasteiger charge is 2.24. The minimum Gasteiger partial charge on any atom is -0.497 e. The van der Waals surface area contributed by atoms with E-state index in [4.69, 9.17) is 14.8 Å². The Morgan fingerprint density at radius 1 is 0.971 bits per heavy atom. The Hall–Kier alpha value is -3.39. The molecule has 0 spiro atoms. The van der Waals surface area contributed by atoms with E-state index in [1.54, 1.807) is 18.4 Å². The molecule has 0 radical (unpaired) electrons. The number of carbonyl (C=O) groups excluding carboxylic acids is 1. The smallest absolute Gasteiger partial charge is 0.253 e. The summed E-state index contributed by atoms with van der Waals surface area (Å²) in [5, 5.41) is 5.70. The largest absolute Gasteiger partial charge is 0.497 e. The topological polar surface area (TPSA) is 63.5 Å². The lowest BCUT2D eigenvalue weighted by Gasteiger charge is -2.22. The molecule has 2 aromatic heterocycles. The summed E-state index contributed by atoms with van der Waals surface area (Å²) in [5.74, 6) is 0.924. The van der Waals surface area contributed by atoms with E-state index < -0.39 is 0 Å². The fraction of sp³-hybridized carbons (Fsp3) is 0.346. The van der Waals surface area contributed by atoms with Crippen molar-refractivity contribution < 1.29 is 9.53 Å². The molecule has 2 aromatic carbocycles. The quantitative estimate of drug-likeness (QED) is 0.426. The van der Waals surface area contributed by atoms with Gasteiger partial charge in [-0.2, -0.15) is 10.1 Å². The zero-order valence-electron chi connectivity index (χ0n) is 20.0. The maximum atomic E-state index is 13.1. The van der Waals surface area contributed by atoms with Crippen LogP contribution in [0.3, 0.4) is 0 Å². The van der Waals surface area contributed by atoms with Gasteiger partial charge in [-0.1, -0.05) is 17.4 Å². The highest BCUT2D eigenvalue weighted by atomic mass is 32.1. The third-order valence-corrected chi connectivity index (χ3v) is 7.72. The van der Waals surface area contributed by atoms with Crippen molar-refractivity contribution >= 4 is 32.7 Å². The second kappa shape index (κ2) is 9.10. The van der Waals surface area contributed by atoms with Gasteiger partial charge in [0.2, 0.25) is 0 Å². The molecule has 0 aliphatic carbocycles. The predicted molar refractivity (Wildman–Crippen MR) is 137 cm³/mol. The fourth-order valence-corrected chi connectivity index (χ4v) is 5.37.